The van der Waals surface area contributed by atoms with Crippen LogP contribution < -0.4 is 5.32 Å². The van der Waals surface area contributed by atoms with E-state index in [0.29, 0.717) is 13.0 Å². The van der Waals surface area contributed by atoms with Gasteiger partial charge in [-0.15, -0.1) is 11.3 Å². The van der Waals surface area contributed by atoms with E-state index in [4.69, 9.17) is 9.84 Å². The van der Waals surface area contributed by atoms with E-state index in [9.17, 15) is 9.59 Å². The van der Waals surface area contributed by atoms with E-state index in [-0.39, 0.29) is 19.1 Å². The number of ether oxygens (including phenoxy) is 1. The molecule has 2 rings (SSSR count). The topological polar surface area (TPSA) is 75.6 Å². The van der Waals surface area contributed by atoms with Crippen molar-refractivity contribution in [2.45, 2.75) is 6.42 Å². The van der Waals surface area contributed by atoms with Gasteiger partial charge in [-0.2, -0.15) is 0 Å². The second-order valence-electron chi connectivity index (χ2n) is 4.23. The van der Waals surface area contributed by atoms with Crippen LogP contribution in [0.1, 0.15) is 5.56 Å². The molecule has 0 atom stereocenters. The van der Waals surface area contributed by atoms with Crippen molar-refractivity contribution < 1.29 is 19.4 Å². The predicted octanol–water partition coefficient (Wildman–Crippen LogP) is 1.66. The standard InChI is InChI=1S/C14H15NO4S/c16-13(15-5-6-19-8-14(17)18)7-10-9-20-12-4-2-1-3-11(10)12/h1-4,9H,5-8H2,(H,15,16)(H,17,18). The second-order valence-corrected chi connectivity index (χ2v) is 5.14. The average molecular weight is 293 g/mol. The highest BCUT2D eigenvalue weighted by Gasteiger charge is 2.08. The molecule has 1 heterocycles. The monoisotopic (exact) mass is 293 g/mol. The smallest absolute Gasteiger partial charge is 0.329 e. The van der Waals surface area contributed by atoms with Crippen LogP contribution >= 0.6 is 11.3 Å². The molecule has 0 bridgehead atoms. The number of fused-ring (bicyclic) bond motifs is 1. The van der Waals surface area contributed by atoms with Gasteiger partial charge in [-0.05, 0) is 22.4 Å². The van der Waals surface area contributed by atoms with Crippen LogP contribution in [0.3, 0.4) is 0 Å². The number of nitrogens with one attached hydrogen (secondary N) is 1. The number of carbonyl (C=O) groups is 2. The number of hydrogen-bond donors (Lipinski definition) is 2. The van der Waals surface area contributed by atoms with Gasteiger partial charge < -0.3 is 15.2 Å². The van der Waals surface area contributed by atoms with Crippen molar-refractivity contribution in [1.29, 1.82) is 0 Å². The van der Waals surface area contributed by atoms with Gasteiger partial charge in [-0.3, -0.25) is 4.79 Å². The Morgan fingerprint density at radius 1 is 1.30 bits per heavy atom. The van der Waals surface area contributed by atoms with Crippen molar-refractivity contribution in [3.8, 4) is 0 Å². The quantitative estimate of drug-likeness (QED) is 0.761. The lowest BCUT2D eigenvalue weighted by atomic mass is 10.1. The molecule has 1 amide bonds. The van der Waals surface area contributed by atoms with Gasteiger partial charge in [-0.1, -0.05) is 18.2 Å². The number of carboxylic acid groups (broad SMARTS) is 1. The van der Waals surface area contributed by atoms with Crippen molar-refractivity contribution in [3.63, 3.8) is 0 Å². The van der Waals surface area contributed by atoms with Crippen molar-refractivity contribution in [3.05, 3.63) is 35.2 Å². The highest BCUT2D eigenvalue weighted by atomic mass is 32.1. The minimum Gasteiger partial charge on any atom is -0.480 e. The number of amides is 1. The first-order chi connectivity index (χ1) is 9.66. The van der Waals surface area contributed by atoms with Crippen LogP contribution in [0, 0.1) is 0 Å². The zero-order chi connectivity index (χ0) is 14.4. The Labute approximate surface area is 120 Å². The zero-order valence-corrected chi connectivity index (χ0v) is 11.6. The molecule has 0 aliphatic heterocycles. The van der Waals surface area contributed by atoms with Crippen LogP contribution in [0.4, 0.5) is 0 Å². The van der Waals surface area contributed by atoms with E-state index in [2.05, 4.69) is 5.32 Å². The van der Waals surface area contributed by atoms with Gasteiger partial charge >= 0.3 is 5.97 Å². The molecular formula is C14H15NO4S. The number of hydrogen-bond acceptors (Lipinski definition) is 4. The highest BCUT2D eigenvalue weighted by Crippen LogP contribution is 2.25. The molecule has 20 heavy (non-hydrogen) atoms. The number of carbonyl (C=O) groups excluding carboxylic acids is 1. The van der Waals surface area contributed by atoms with E-state index >= 15 is 0 Å². The van der Waals surface area contributed by atoms with Gasteiger partial charge in [0.2, 0.25) is 5.91 Å². The van der Waals surface area contributed by atoms with Crippen LogP contribution in [-0.2, 0) is 20.7 Å². The summed E-state index contributed by atoms with van der Waals surface area (Å²) in [6.45, 7) is 0.168. The normalized spacial score (nSPS) is 10.6. The molecule has 0 fully saturated rings. The van der Waals surface area contributed by atoms with Gasteiger partial charge in [0.05, 0.1) is 13.0 Å². The molecule has 0 aliphatic rings. The summed E-state index contributed by atoms with van der Waals surface area (Å²) >= 11 is 1.62. The Morgan fingerprint density at radius 3 is 2.90 bits per heavy atom. The van der Waals surface area contributed by atoms with E-state index in [0.717, 1.165) is 10.9 Å². The summed E-state index contributed by atoms with van der Waals surface area (Å²) in [6, 6.07) is 7.96. The molecule has 1 aromatic heterocycles. The Morgan fingerprint density at radius 2 is 2.10 bits per heavy atom. The van der Waals surface area contributed by atoms with Crippen molar-refractivity contribution in [2.24, 2.45) is 0 Å². The van der Waals surface area contributed by atoms with E-state index in [1.54, 1.807) is 11.3 Å². The molecular weight excluding hydrogens is 278 g/mol. The van der Waals surface area contributed by atoms with Gasteiger partial charge in [-0.25, -0.2) is 4.79 Å². The van der Waals surface area contributed by atoms with Crippen LogP contribution in [0.2, 0.25) is 0 Å². The molecule has 106 valence electrons. The molecule has 6 heteroatoms. The molecule has 0 radical (unpaired) electrons. The van der Waals surface area contributed by atoms with Crippen molar-refractivity contribution in [2.75, 3.05) is 19.8 Å². The number of carboxylic acids is 1. The first kappa shape index (κ1) is 14.5. The van der Waals surface area contributed by atoms with Crippen LogP contribution in [0.25, 0.3) is 10.1 Å². The average Bonchev–Trinajstić information content (AvgIpc) is 2.81. The van der Waals surface area contributed by atoms with Crippen LogP contribution in [0.15, 0.2) is 29.6 Å². The summed E-state index contributed by atoms with van der Waals surface area (Å²) in [4.78, 5) is 22.0. The lowest BCUT2D eigenvalue weighted by Gasteiger charge is -2.05. The summed E-state index contributed by atoms with van der Waals surface area (Å²) in [5, 5.41) is 14.2. The zero-order valence-electron chi connectivity index (χ0n) is 10.8. The SMILES string of the molecule is O=C(O)COCCNC(=O)Cc1csc2ccccc12. The maximum atomic E-state index is 11.8. The Bertz CT molecular complexity index is 608. The van der Waals surface area contributed by atoms with Gasteiger partial charge in [0, 0.05) is 11.2 Å². The maximum Gasteiger partial charge on any atom is 0.329 e. The van der Waals surface area contributed by atoms with Gasteiger partial charge in [0.15, 0.2) is 0 Å². The lowest BCUT2D eigenvalue weighted by Crippen LogP contribution is -2.29. The maximum absolute atomic E-state index is 11.8. The fraction of sp³-hybridized carbons (Fsp3) is 0.286. The molecule has 1 aromatic carbocycles. The van der Waals surface area contributed by atoms with Crippen molar-refractivity contribution in [1.82, 2.24) is 5.32 Å². The Hall–Kier alpha value is -1.92. The summed E-state index contributed by atoms with van der Waals surface area (Å²) in [6.07, 6.45) is 0.322. The third kappa shape index (κ3) is 4.04. The predicted molar refractivity (Wildman–Crippen MR) is 77.0 cm³/mol. The summed E-state index contributed by atoms with van der Waals surface area (Å²) in [7, 11) is 0. The molecule has 2 aromatic rings. The molecule has 0 spiro atoms. The molecule has 0 saturated carbocycles. The Balaban J connectivity index is 1.78. The minimum absolute atomic E-state index is 0.0903. The van der Waals surface area contributed by atoms with E-state index < -0.39 is 5.97 Å². The lowest BCUT2D eigenvalue weighted by molar-refractivity contribution is -0.142. The fourth-order valence-corrected chi connectivity index (χ4v) is 2.79. The molecule has 5 nitrogen and oxygen atoms in total. The largest absolute Gasteiger partial charge is 0.480 e. The van der Waals surface area contributed by atoms with Gasteiger partial charge in [0.25, 0.3) is 0 Å². The van der Waals surface area contributed by atoms with E-state index in [1.807, 2.05) is 29.6 Å². The summed E-state index contributed by atoms with van der Waals surface area (Å²) < 4.78 is 6.01. The molecule has 0 saturated heterocycles. The number of aliphatic carboxylic acids is 1. The molecule has 2 N–H and O–H groups in total. The van der Waals surface area contributed by atoms with Crippen LogP contribution in [-0.4, -0.2) is 36.7 Å². The fourth-order valence-electron chi connectivity index (χ4n) is 1.83. The first-order valence-electron chi connectivity index (χ1n) is 6.18. The number of rotatable bonds is 7. The van der Waals surface area contributed by atoms with Gasteiger partial charge in [0.1, 0.15) is 6.61 Å². The summed E-state index contributed by atoms with van der Waals surface area (Å²) in [5.41, 5.74) is 1.01. The minimum atomic E-state index is -1.01. The van der Waals surface area contributed by atoms with Crippen LogP contribution in [0.5, 0.6) is 0 Å². The first-order valence-corrected chi connectivity index (χ1v) is 7.06. The Kier molecular flexibility index (Phi) is 5.09. The summed E-state index contributed by atoms with van der Waals surface area (Å²) in [5.74, 6) is -1.10. The third-order valence-electron chi connectivity index (χ3n) is 2.71. The second kappa shape index (κ2) is 7.02. The molecule has 0 aliphatic carbocycles. The number of benzene rings is 1. The highest BCUT2D eigenvalue weighted by molar-refractivity contribution is 7.17. The van der Waals surface area contributed by atoms with E-state index in [1.165, 1.54) is 4.70 Å². The molecule has 0 unspecified atom stereocenters. The van der Waals surface area contributed by atoms with Crippen molar-refractivity contribution >= 4 is 33.3 Å². The number of thiophene rings is 1. The third-order valence-corrected chi connectivity index (χ3v) is 3.72.